The predicted molar refractivity (Wildman–Crippen MR) is 162 cm³/mol. The SMILES string of the molecule is CN1CCN(Cc2csc(C(=O)Nc3c(C(=O)Nc4ccc(Cl)cn4)cc(Cl)cc3N3CCOCC3)c2Cl)CC1. The quantitative estimate of drug-likeness (QED) is 0.374. The van der Waals surface area contributed by atoms with Gasteiger partial charge in [0.15, 0.2) is 0 Å². The van der Waals surface area contributed by atoms with Gasteiger partial charge in [-0.25, -0.2) is 4.98 Å². The summed E-state index contributed by atoms with van der Waals surface area (Å²) >= 11 is 20.4. The van der Waals surface area contributed by atoms with Crippen LogP contribution in [0, 0.1) is 0 Å². The third kappa shape index (κ3) is 6.88. The maximum Gasteiger partial charge on any atom is 0.267 e. The number of carbonyl (C=O) groups is 2. The number of anilines is 3. The molecule has 0 spiro atoms. The highest BCUT2D eigenvalue weighted by molar-refractivity contribution is 7.13. The first kappa shape index (κ1) is 29.1. The van der Waals surface area contributed by atoms with Crippen molar-refractivity contribution in [2.75, 3.05) is 75.1 Å². The van der Waals surface area contributed by atoms with Crippen LogP contribution in [0.2, 0.25) is 15.1 Å². The number of nitrogens with one attached hydrogen (secondary N) is 2. The number of nitrogens with zero attached hydrogens (tertiary/aromatic N) is 4. The molecule has 2 aromatic heterocycles. The van der Waals surface area contributed by atoms with E-state index >= 15 is 0 Å². The summed E-state index contributed by atoms with van der Waals surface area (Å²) in [6, 6.07) is 6.50. The normalized spacial score (nSPS) is 16.6. The molecule has 9 nitrogen and oxygen atoms in total. The molecule has 0 unspecified atom stereocenters. The van der Waals surface area contributed by atoms with Gasteiger partial charge in [-0.3, -0.25) is 14.5 Å². The van der Waals surface area contributed by atoms with Gasteiger partial charge in [0.25, 0.3) is 11.8 Å². The Bertz CT molecular complexity index is 1370. The van der Waals surface area contributed by atoms with Crippen LogP contribution in [0.3, 0.4) is 0 Å². The summed E-state index contributed by atoms with van der Waals surface area (Å²) in [7, 11) is 2.11. The number of halogens is 3. The van der Waals surface area contributed by atoms with E-state index in [4.69, 9.17) is 39.5 Å². The van der Waals surface area contributed by atoms with Gasteiger partial charge in [-0.2, -0.15) is 0 Å². The molecule has 2 amide bonds. The smallest absolute Gasteiger partial charge is 0.267 e. The standard InChI is InChI=1S/C27H29Cl3N6O3S/c1-34-4-6-35(7-5-34)15-17-16-40-25(23(17)30)27(38)33-24-20(26(37)32-22-3-2-18(28)14-31-22)12-19(29)13-21(24)36-8-10-39-11-9-36/h2-3,12-14,16H,4-11,15H2,1H3,(H,33,38)(H,31,32,37). The Labute approximate surface area is 251 Å². The number of likely N-dealkylation sites (N-methyl/N-ethyl adjacent to an activating group) is 1. The second-order valence-corrected chi connectivity index (χ2v) is 11.8. The average molecular weight is 624 g/mol. The number of pyridine rings is 1. The van der Waals surface area contributed by atoms with E-state index in [0.29, 0.717) is 70.0 Å². The second-order valence-electron chi connectivity index (χ2n) is 9.70. The molecule has 212 valence electrons. The number of carbonyl (C=O) groups excluding carboxylic acids is 2. The molecular formula is C27H29Cl3N6O3S. The summed E-state index contributed by atoms with van der Waals surface area (Å²) in [5, 5.41) is 8.92. The molecule has 2 N–H and O–H groups in total. The van der Waals surface area contributed by atoms with E-state index in [2.05, 4.69) is 32.5 Å². The van der Waals surface area contributed by atoms with Crippen LogP contribution >= 0.6 is 46.1 Å². The van der Waals surface area contributed by atoms with Crippen LogP contribution in [-0.4, -0.2) is 86.1 Å². The van der Waals surface area contributed by atoms with E-state index in [9.17, 15) is 9.59 Å². The summed E-state index contributed by atoms with van der Waals surface area (Å²) < 4.78 is 5.51. The zero-order valence-electron chi connectivity index (χ0n) is 21.9. The fraction of sp³-hybridized carbons (Fsp3) is 0.370. The van der Waals surface area contributed by atoms with Crippen molar-refractivity contribution >= 4 is 75.1 Å². The number of thiophene rings is 1. The lowest BCUT2D eigenvalue weighted by atomic mass is 10.1. The zero-order valence-corrected chi connectivity index (χ0v) is 25.0. The predicted octanol–water partition coefficient (Wildman–Crippen LogP) is 5.19. The lowest BCUT2D eigenvalue weighted by Crippen LogP contribution is -2.43. The minimum absolute atomic E-state index is 0.199. The Kier molecular flexibility index (Phi) is 9.47. The Hall–Kier alpha value is -2.44. The molecular weight excluding hydrogens is 595 g/mol. The summed E-state index contributed by atoms with van der Waals surface area (Å²) in [6.07, 6.45) is 1.44. The lowest BCUT2D eigenvalue weighted by molar-refractivity contribution is 0.102. The van der Waals surface area contributed by atoms with Gasteiger partial charge in [-0.1, -0.05) is 34.8 Å². The van der Waals surface area contributed by atoms with Crippen LogP contribution in [0.5, 0.6) is 0 Å². The molecule has 0 atom stereocenters. The highest BCUT2D eigenvalue weighted by atomic mass is 35.5. The van der Waals surface area contributed by atoms with Crippen molar-refractivity contribution in [3.05, 3.63) is 66.9 Å². The van der Waals surface area contributed by atoms with Gasteiger partial charge < -0.3 is 25.2 Å². The molecule has 1 aromatic carbocycles. The van der Waals surface area contributed by atoms with Gasteiger partial charge in [-0.15, -0.1) is 11.3 Å². The lowest BCUT2D eigenvalue weighted by Gasteiger charge is -2.32. The van der Waals surface area contributed by atoms with Gasteiger partial charge >= 0.3 is 0 Å². The number of hydrogen-bond acceptors (Lipinski definition) is 8. The van der Waals surface area contributed by atoms with E-state index in [1.165, 1.54) is 23.6 Å². The van der Waals surface area contributed by atoms with Gasteiger partial charge in [0, 0.05) is 57.0 Å². The number of benzene rings is 1. The number of amides is 2. The summed E-state index contributed by atoms with van der Waals surface area (Å²) in [5.74, 6) is -0.556. The molecule has 13 heteroatoms. The van der Waals surface area contributed by atoms with Gasteiger partial charge in [0.05, 0.1) is 40.2 Å². The molecule has 4 heterocycles. The highest BCUT2D eigenvalue weighted by Gasteiger charge is 2.26. The second kappa shape index (κ2) is 13.0. The number of ether oxygens (including phenoxy) is 1. The number of rotatable bonds is 7. The van der Waals surface area contributed by atoms with Crippen LogP contribution in [-0.2, 0) is 11.3 Å². The molecule has 2 aliphatic rings. The van der Waals surface area contributed by atoms with Crippen LogP contribution in [0.15, 0.2) is 35.8 Å². The monoisotopic (exact) mass is 622 g/mol. The minimum Gasteiger partial charge on any atom is -0.378 e. The number of morpholine rings is 1. The molecule has 3 aromatic rings. The van der Waals surface area contributed by atoms with E-state index in [1.54, 1.807) is 18.2 Å². The third-order valence-electron chi connectivity index (χ3n) is 6.88. The van der Waals surface area contributed by atoms with Crippen LogP contribution < -0.4 is 15.5 Å². The molecule has 0 radical (unpaired) electrons. The fourth-order valence-electron chi connectivity index (χ4n) is 4.65. The molecule has 5 rings (SSSR count). The van der Waals surface area contributed by atoms with E-state index < -0.39 is 11.8 Å². The first-order valence-electron chi connectivity index (χ1n) is 12.9. The largest absolute Gasteiger partial charge is 0.378 e. The maximum atomic E-state index is 13.6. The van der Waals surface area contributed by atoms with Crippen molar-refractivity contribution in [2.45, 2.75) is 6.54 Å². The molecule has 2 aliphatic heterocycles. The van der Waals surface area contributed by atoms with Crippen molar-refractivity contribution in [3.8, 4) is 0 Å². The first-order valence-corrected chi connectivity index (χ1v) is 14.9. The van der Waals surface area contributed by atoms with E-state index in [0.717, 1.165) is 31.7 Å². The molecule has 2 fully saturated rings. The summed E-state index contributed by atoms with van der Waals surface area (Å²) in [6.45, 7) is 6.75. The molecule has 40 heavy (non-hydrogen) atoms. The van der Waals surface area contributed by atoms with E-state index in [1.807, 2.05) is 10.3 Å². The van der Waals surface area contributed by atoms with Crippen molar-refractivity contribution in [2.24, 2.45) is 0 Å². The first-order chi connectivity index (χ1) is 19.3. The van der Waals surface area contributed by atoms with Gasteiger partial charge in [0.2, 0.25) is 0 Å². The number of hydrogen-bond donors (Lipinski definition) is 2. The van der Waals surface area contributed by atoms with Crippen LogP contribution in [0.25, 0.3) is 0 Å². The molecule has 0 bridgehead atoms. The van der Waals surface area contributed by atoms with Crippen LogP contribution in [0.4, 0.5) is 17.2 Å². The summed E-state index contributed by atoms with van der Waals surface area (Å²) in [4.78, 5) is 38.3. The Morgan fingerprint density at radius 3 is 2.42 bits per heavy atom. The molecule has 0 aliphatic carbocycles. The number of piperazine rings is 1. The van der Waals surface area contributed by atoms with Crippen molar-refractivity contribution in [1.82, 2.24) is 14.8 Å². The Balaban J connectivity index is 1.43. The highest BCUT2D eigenvalue weighted by Crippen LogP contribution is 2.37. The molecule has 0 saturated carbocycles. The van der Waals surface area contributed by atoms with Crippen molar-refractivity contribution in [3.63, 3.8) is 0 Å². The third-order valence-corrected chi connectivity index (χ3v) is 8.90. The van der Waals surface area contributed by atoms with E-state index in [-0.39, 0.29) is 5.56 Å². The minimum atomic E-state index is -0.477. The number of aromatic nitrogens is 1. The van der Waals surface area contributed by atoms with Gasteiger partial charge in [-0.05, 0) is 42.3 Å². The van der Waals surface area contributed by atoms with Crippen molar-refractivity contribution < 1.29 is 14.3 Å². The molecule has 2 saturated heterocycles. The summed E-state index contributed by atoms with van der Waals surface area (Å²) in [5.41, 5.74) is 2.08. The fourth-order valence-corrected chi connectivity index (χ4v) is 6.21. The van der Waals surface area contributed by atoms with Crippen molar-refractivity contribution in [1.29, 1.82) is 0 Å². The van der Waals surface area contributed by atoms with Crippen LogP contribution in [0.1, 0.15) is 25.6 Å². The zero-order chi connectivity index (χ0) is 28.2. The maximum absolute atomic E-state index is 13.6. The topological polar surface area (TPSA) is 90.0 Å². The van der Waals surface area contributed by atoms with Gasteiger partial charge in [0.1, 0.15) is 10.7 Å². The average Bonchev–Trinajstić information content (AvgIpc) is 3.32. The Morgan fingerprint density at radius 1 is 0.975 bits per heavy atom. The Morgan fingerprint density at radius 2 is 1.73 bits per heavy atom.